The Bertz CT molecular complexity index is 869. The van der Waals surface area contributed by atoms with Crippen molar-refractivity contribution in [3.63, 3.8) is 0 Å². The van der Waals surface area contributed by atoms with E-state index in [1.807, 2.05) is 6.92 Å². The fourth-order valence-electron chi connectivity index (χ4n) is 8.68. The van der Waals surface area contributed by atoms with Crippen LogP contribution < -0.4 is 0 Å². The summed E-state index contributed by atoms with van der Waals surface area (Å²) < 4.78 is 5.56. The molecular weight excluding hydrogens is 420 g/mol. The molecule has 0 aromatic heterocycles. The fraction of sp³-hybridized carbons (Fsp3) is 0.846. The summed E-state index contributed by atoms with van der Waals surface area (Å²) in [6.07, 6.45) is 9.36. The maximum Gasteiger partial charge on any atom is 0.302 e. The largest absolute Gasteiger partial charge is 0.462 e. The minimum Gasteiger partial charge on any atom is -0.462 e. The normalized spacial score (nSPS) is 43.5. The summed E-state index contributed by atoms with van der Waals surface area (Å²) in [6.45, 7) is 10.0. The van der Waals surface area contributed by atoms with Gasteiger partial charge in [0.05, 0.1) is 5.71 Å². The second-order valence-electron chi connectivity index (χ2n) is 11.6. The number of hydrogen-bond donors (Lipinski definition) is 0. The summed E-state index contributed by atoms with van der Waals surface area (Å²) in [5.41, 5.74) is 2.50. The van der Waals surface area contributed by atoms with Crippen LogP contribution in [0, 0.1) is 50.5 Å². The van der Waals surface area contributed by atoms with E-state index in [9.17, 15) is 14.9 Å². The Labute approximate surface area is 197 Å². The van der Waals surface area contributed by atoms with Crippen molar-refractivity contribution in [3.8, 4) is 0 Å². The van der Waals surface area contributed by atoms with Crippen LogP contribution in [0.3, 0.4) is 0 Å². The molecule has 0 radical (unpaired) electrons. The minimum absolute atomic E-state index is 0.00113. The molecule has 7 heteroatoms. The number of hydrogen-bond acceptors (Lipinski definition) is 6. The van der Waals surface area contributed by atoms with Crippen molar-refractivity contribution < 1.29 is 19.3 Å². The molecule has 4 aliphatic carbocycles. The lowest BCUT2D eigenvalue weighted by atomic mass is 9.47. The first-order valence-corrected chi connectivity index (χ1v) is 12.6. The van der Waals surface area contributed by atoms with E-state index < -0.39 is 6.04 Å². The summed E-state index contributed by atoms with van der Waals surface area (Å²) in [4.78, 5) is 28.4. The van der Waals surface area contributed by atoms with E-state index in [0.717, 1.165) is 50.7 Å². The number of fused-ring (bicyclic) bond motifs is 5. The lowest BCUT2D eigenvalue weighted by Crippen LogP contribution is -2.51. The zero-order chi connectivity index (χ0) is 24.1. The molecule has 33 heavy (non-hydrogen) atoms. The number of nitro groups is 1. The van der Waals surface area contributed by atoms with Gasteiger partial charge < -0.3 is 9.57 Å². The van der Waals surface area contributed by atoms with Gasteiger partial charge in [-0.3, -0.25) is 14.9 Å². The number of ether oxygens (including phenoxy) is 1. The number of rotatable bonds is 5. The Morgan fingerprint density at radius 1 is 1.24 bits per heavy atom. The molecular formula is C26H40N2O5. The molecule has 0 aromatic carbocycles. The smallest absolute Gasteiger partial charge is 0.302 e. The van der Waals surface area contributed by atoms with Crippen molar-refractivity contribution in [2.75, 3.05) is 7.11 Å². The summed E-state index contributed by atoms with van der Waals surface area (Å²) in [7, 11) is 1.56. The van der Waals surface area contributed by atoms with E-state index in [-0.39, 0.29) is 39.7 Å². The molecule has 3 saturated carbocycles. The first-order valence-electron chi connectivity index (χ1n) is 12.6. The number of carbonyl (C=O) groups excluding carboxylic acids is 1. The van der Waals surface area contributed by atoms with Gasteiger partial charge in [-0.2, -0.15) is 0 Å². The first-order chi connectivity index (χ1) is 15.5. The molecule has 184 valence electrons. The van der Waals surface area contributed by atoms with Crippen LogP contribution in [0.4, 0.5) is 0 Å². The van der Waals surface area contributed by atoms with E-state index in [1.165, 1.54) is 12.5 Å². The predicted octanol–water partition coefficient (Wildman–Crippen LogP) is 5.41. The van der Waals surface area contributed by atoms with Crippen LogP contribution in [-0.4, -0.2) is 35.9 Å². The SMILES string of the molecule is CO/N=C(\C)[C@@H]1[C@H]([C@H](C)[N+](=O)[O-])C[C@@H]2[C@@H]3CC=C4C[C@H](OC(C)=O)CC[C@]4(C)[C@@H]3CC[C@@]21C. The molecule has 3 fully saturated rings. The number of allylic oxidation sites excluding steroid dienone is 1. The van der Waals surface area contributed by atoms with E-state index in [4.69, 9.17) is 9.57 Å². The van der Waals surface area contributed by atoms with Crippen LogP contribution in [-0.2, 0) is 14.4 Å². The Hall–Kier alpha value is -1.92. The van der Waals surface area contributed by atoms with Gasteiger partial charge in [-0.15, -0.1) is 0 Å². The molecule has 0 N–H and O–H groups in total. The lowest BCUT2D eigenvalue weighted by molar-refractivity contribution is -0.528. The van der Waals surface area contributed by atoms with Gasteiger partial charge in [0.2, 0.25) is 6.04 Å². The molecule has 0 unspecified atom stereocenters. The molecule has 0 bridgehead atoms. The fourth-order valence-corrected chi connectivity index (χ4v) is 8.68. The van der Waals surface area contributed by atoms with Crippen LogP contribution in [0.5, 0.6) is 0 Å². The van der Waals surface area contributed by atoms with Crippen molar-refractivity contribution in [2.24, 2.45) is 45.6 Å². The summed E-state index contributed by atoms with van der Waals surface area (Å²) in [5, 5.41) is 16.1. The average Bonchev–Trinajstić information content (AvgIpc) is 3.06. The molecule has 4 aliphatic rings. The van der Waals surface area contributed by atoms with Gasteiger partial charge in [0.25, 0.3) is 0 Å². The maximum atomic E-state index is 11.8. The van der Waals surface area contributed by atoms with Gasteiger partial charge >= 0.3 is 5.97 Å². The van der Waals surface area contributed by atoms with Crippen LogP contribution in [0.25, 0.3) is 0 Å². The summed E-state index contributed by atoms with van der Waals surface area (Å²) >= 11 is 0. The molecule has 0 heterocycles. The molecule has 9 atom stereocenters. The van der Waals surface area contributed by atoms with Crippen LogP contribution in [0.2, 0.25) is 0 Å². The second kappa shape index (κ2) is 8.70. The standard InChI is InChI=1S/C26H40N2O5/c1-15(27-32-6)24-21(16(2)28(30)31)14-23-20-8-7-18-13-19(33-17(3)29)9-11-25(18,4)22(20)10-12-26(23,24)5/h7,16,19-24H,8-14H2,1-6H3/b27-15+/t16-,19+,20+,21-,22+,23+,24+,25-,26-/m0/s1. The van der Waals surface area contributed by atoms with Crippen LogP contribution in [0.1, 0.15) is 79.6 Å². The molecule has 0 saturated heterocycles. The molecule has 4 rings (SSSR count). The van der Waals surface area contributed by atoms with Gasteiger partial charge in [-0.25, -0.2) is 0 Å². The third-order valence-electron chi connectivity index (χ3n) is 10.1. The molecule has 0 aliphatic heterocycles. The number of carbonyl (C=O) groups is 1. The monoisotopic (exact) mass is 460 g/mol. The maximum absolute atomic E-state index is 11.8. The molecule has 0 aromatic rings. The molecule has 7 nitrogen and oxygen atoms in total. The highest BCUT2D eigenvalue weighted by Gasteiger charge is 2.63. The van der Waals surface area contributed by atoms with E-state index >= 15 is 0 Å². The topological polar surface area (TPSA) is 91.0 Å². The van der Waals surface area contributed by atoms with Crippen LogP contribution in [0.15, 0.2) is 16.8 Å². The number of esters is 1. The Morgan fingerprint density at radius 3 is 2.61 bits per heavy atom. The highest BCUT2D eigenvalue weighted by molar-refractivity contribution is 5.85. The molecule has 0 amide bonds. The van der Waals surface area contributed by atoms with Crippen molar-refractivity contribution in [1.29, 1.82) is 0 Å². The number of nitrogens with zero attached hydrogens (tertiary/aromatic N) is 2. The summed E-state index contributed by atoms with van der Waals surface area (Å²) in [6, 6.07) is -0.595. The van der Waals surface area contributed by atoms with Crippen molar-refractivity contribution >= 4 is 11.7 Å². The zero-order valence-electron chi connectivity index (χ0n) is 21.0. The van der Waals surface area contributed by atoms with E-state index in [1.54, 1.807) is 14.0 Å². The van der Waals surface area contributed by atoms with Gasteiger partial charge in [-0.05, 0) is 74.0 Å². The molecule has 0 spiro atoms. The minimum atomic E-state index is -0.595. The van der Waals surface area contributed by atoms with E-state index in [2.05, 4.69) is 25.1 Å². The van der Waals surface area contributed by atoms with Gasteiger partial charge in [0, 0.05) is 37.0 Å². The van der Waals surface area contributed by atoms with Crippen molar-refractivity contribution in [3.05, 3.63) is 21.8 Å². The number of oxime groups is 1. The van der Waals surface area contributed by atoms with Gasteiger partial charge in [-0.1, -0.05) is 30.7 Å². The highest BCUT2D eigenvalue weighted by Crippen LogP contribution is 2.68. The van der Waals surface area contributed by atoms with Crippen molar-refractivity contribution in [1.82, 2.24) is 0 Å². The second-order valence-corrected chi connectivity index (χ2v) is 11.6. The quantitative estimate of drug-likeness (QED) is 0.180. The highest BCUT2D eigenvalue weighted by atomic mass is 16.6. The Kier molecular flexibility index (Phi) is 6.38. The predicted molar refractivity (Wildman–Crippen MR) is 126 cm³/mol. The Balaban J connectivity index is 1.66. The first kappa shape index (κ1) is 24.2. The third kappa shape index (κ3) is 3.89. The van der Waals surface area contributed by atoms with Crippen molar-refractivity contribution in [2.45, 2.75) is 91.7 Å². The van der Waals surface area contributed by atoms with E-state index in [0.29, 0.717) is 17.8 Å². The van der Waals surface area contributed by atoms with Gasteiger partial charge in [0.15, 0.2) is 0 Å². The third-order valence-corrected chi connectivity index (χ3v) is 10.1. The zero-order valence-corrected chi connectivity index (χ0v) is 21.0. The average molecular weight is 461 g/mol. The van der Waals surface area contributed by atoms with Gasteiger partial charge in [0.1, 0.15) is 13.2 Å². The lowest BCUT2D eigenvalue weighted by Gasteiger charge is -2.58. The van der Waals surface area contributed by atoms with Crippen LogP contribution >= 0.6 is 0 Å². The Morgan fingerprint density at radius 2 is 1.97 bits per heavy atom. The summed E-state index contributed by atoms with van der Waals surface area (Å²) in [5.74, 6) is 1.41.